The lowest BCUT2D eigenvalue weighted by molar-refractivity contribution is 0.769. The third kappa shape index (κ3) is 7.27. The molecular formula is C79H52N2. The van der Waals surface area contributed by atoms with E-state index in [9.17, 15) is 0 Å². The summed E-state index contributed by atoms with van der Waals surface area (Å²) in [6, 6.07) is 116. The van der Waals surface area contributed by atoms with Crippen LogP contribution in [0.1, 0.15) is 22.3 Å². The van der Waals surface area contributed by atoms with Crippen LogP contribution in [0, 0.1) is 0 Å². The van der Waals surface area contributed by atoms with Crippen LogP contribution in [-0.4, -0.2) is 9.13 Å². The van der Waals surface area contributed by atoms with E-state index in [2.05, 4.69) is 325 Å². The van der Waals surface area contributed by atoms with Crippen molar-refractivity contribution in [2.24, 2.45) is 0 Å². The summed E-state index contributed by atoms with van der Waals surface area (Å²) >= 11 is 0. The van der Waals surface area contributed by atoms with Gasteiger partial charge in [-0.1, -0.05) is 261 Å². The van der Waals surface area contributed by atoms with E-state index in [1.54, 1.807) is 0 Å². The molecule has 0 N–H and O–H groups in total. The van der Waals surface area contributed by atoms with Crippen LogP contribution in [0.25, 0.3) is 122 Å². The van der Waals surface area contributed by atoms with Crippen LogP contribution in [0.5, 0.6) is 0 Å². The van der Waals surface area contributed by atoms with Crippen molar-refractivity contribution in [2.75, 3.05) is 0 Å². The molecule has 0 saturated heterocycles. The molecule has 0 fully saturated rings. The van der Waals surface area contributed by atoms with Gasteiger partial charge in [-0.2, -0.15) is 0 Å². The zero-order valence-electron chi connectivity index (χ0n) is 44.4. The Morgan fingerprint density at radius 3 is 1.19 bits per heavy atom. The van der Waals surface area contributed by atoms with Gasteiger partial charge in [-0.25, -0.2) is 0 Å². The Morgan fingerprint density at radius 2 is 0.580 bits per heavy atom. The van der Waals surface area contributed by atoms with Crippen molar-refractivity contribution < 1.29 is 0 Å². The molecular weight excluding hydrogens is 977 g/mol. The third-order valence-corrected chi connectivity index (χ3v) is 17.3. The molecule has 13 aromatic carbocycles. The number of hydrogen-bond acceptors (Lipinski definition) is 0. The summed E-state index contributed by atoms with van der Waals surface area (Å²) in [7, 11) is 0. The quantitative estimate of drug-likeness (QED) is 0.136. The van der Waals surface area contributed by atoms with E-state index in [-0.39, 0.29) is 0 Å². The number of aromatic nitrogens is 2. The maximum atomic E-state index is 2.47. The predicted molar refractivity (Wildman–Crippen MR) is 340 cm³/mol. The Morgan fingerprint density at radius 1 is 0.198 bits per heavy atom. The van der Waals surface area contributed by atoms with E-state index in [0.29, 0.717) is 0 Å². The van der Waals surface area contributed by atoms with E-state index in [4.69, 9.17) is 0 Å². The van der Waals surface area contributed by atoms with Gasteiger partial charge >= 0.3 is 0 Å². The lowest BCUT2D eigenvalue weighted by Gasteiger charge is -2.34. The summed E-state index contributed by atoms with van der Waals surface area (Å²) in [5.41, 5.74) is 26.3. The molecule has 15 aromatic rings. The molecule has 0 atom stereocenters. The van der Waals surface area contributed by atoms with Crippen molar-refractivity contribution in [3.8, 4) is 78.1 Å². The number of nitrogens with zero attached hydrogens (tertiary/aromatic N) is 2. The number of para-hydroxylation sites is 4. The van der Waals surface area contributed by atoms with Gasteiger partial charge in [0.1, 0.15) is 0 Å². The smallest absolute Gasteiger partial charge is 0.0713 e. The number of hydrogen-bond donors (Lipinski definition) is 0. The molecule has 0 amide bonds. The first-order chi connectivity index (χ1) is 40.2. The van der Waals surface area contributed by atoms with Crippen molar-refractivity contribution in [1.29, 1.82) is 0 Å². The number of rotatable bonds is 9. The molecule has 2 heterocycles. The Hall–Kier alpha value is -10.5. The predicted octanol–water partition coefficient (Wildman–Crippen LogP) is 20.6. The summed E-state index contributed by atoms with van der Waals surface area (Å²) < 4.78 is 4.91. The standard InChI is InChI=1S/C79H52N2/c1-3-22-54(23-4-1)62-29-11-17-38-73(62)80-75-40-19-13-34-67(75)69-51-57(46-48-77(69)80)58-47-49-78-70(52-58)68-35-14-20-41-76(68)81(78)74-39-18-12-33-66(74)63-30-8-7-28-61(63)55-44-42-53(43-45-55)56-24-21-27-60(50-56)79(59-25-5-2-6-26-59)71-36-15-9-31-64(71)65-32-10-16-37-72(65)79/h1-52H. The van der Waals surface area contributed by atoms with Gasteiger partial charge in [0.2, 0.25) is 0 Å². The molecule has 378 valence electrons. The van der Waals surface area contributed by atoms with Crippen molar-refractivity contribution in [2.45, 2.75) is 5.41 Å². The van der Waals surface area contributed by atoms with Crippen molar-refractivity contribution in [3.63, 3.8) is 0 Å². The Balaban J connectivity index is 0.772. The molecule has 0 aliphatic heterocycles. The highest BCUT2D eigenvalue weighted by atomic mass is 15.0. The first kappa shape index (κ1) is 46.5. The fourth-order valence-electron chi connectivity index (χ4n) is 13.7. The van der Waals surface area contributed by atoms with Gasteiger partial charge in [-0.3, -0.25) is 0 Å². The Bertz CT molecular complexity index is 4880. The molecule has 0 unspecified atom stereocenters. The van der Waals surface area contributed by atoms with Gasteiger partial charge in [0, 0.05) is 32.7 Å². The van der Waals surface area contributed by atoms with Gasteiger partial charge in [-0.15, -0.1) is 0 Å². The minimum atomic E-state index is -0.453. The summed E-state index contributed by atoms with van der Waals surface area (Å²) in [4.78, 5) is 0. The van der Waals surface area contributed by atoms with E-state index < -0.39 is 5.41 Å². The molecule has 1 aliphatic carbocycles. The van der Waals surface area contributed by atoms with Crippen LogP contribution >= 0.6 is 0 Å². The van der Waals surface area contributed by atoms with Crippen LogP contribution in [-0.2, 0) is 5.41 Å². The lowest BCUT2D eigenvalue weighted by Crippen LogP contribution is -2.28. The van der Waals surface area contributed by atoms with Gasteiger partial charge in [-0.05, 0) is 132 Å². The molecule has 1 aliphatic rings. The Kier molecular flexibility index (Phi) is 10.8. The SMILES string of the molecule is c1ccc(-c2ccccc2-n2c3ccccc3c3cc(-c4ccc5c(c4)c4ccccc4n5-c4ccccc4-c4ccccc4-c4ccc(-c5cccc(C6(c7ccccc7)c7ccccc7-c7ccccc76)c5)cc4)ccc32)cc1. The second kappa shape index (κ2) is 18.8. The molecule has 0 saturated carbocycles. The first-order valence-corrected chi connectivity index (χ1v) is 28.1. The summed E-state index contributed by atoms with van der Waals surface area (Å²) in [5, 5.41) is 4.92. The number of benzene rings is 13. The number of fused-ring (bicyclic) bond motifs is 9. The zero-order chi connectivity index (χ0) is 53.4. The van der Waals surface area contributed by atoms with Crippen LogP contribution in [0.2, 0.25) is 0 Å². The highest BCUT2D eigenvalue weighted by Gasteiger charge is 2.46. The zero-order valence-corrected chi connectivity index (χ0v) is 44.4. The average molecular weight is 1030 g/mol. The monoisotopic (exact) mass is 1030 g/mol. The molecule has 0 bridgehead atoms. The van der Waals surface area contributed by atoms with Crippen LogP contribution < -0.4 is 0 Å². The third-order valence-electron chi connectivity index (χ3n) is 17.3. The highest BCUT2D eigenvalue weighted by molar-refractivity contribution is 6.13. The first-order valence-electron chi connectivity index (χ1n) is 28.1. The second-order valence-corrected chi connectivity index (χ2v) is 21.5. The van der Waals surface area contributed by atoms with E-state index in [1.165, 1.54) is 138 Å². The van der Waals surface area contributed by atoms with Gasteiger partial charge in [0.15, 0.2) is 0 Å². The fourth-order valence-corrected chi connectivity index (χ4v) is 13.7. The highest BCUT2D eigenvalue weighted by Crippen LogP contribution is 2.56. The minimum Gasteiger partial charge on any atom is -0.309 e. The maximum Gasteiger partial charge on any atom is 0.0713 e. The van der Waals surface area contributed by atoms with Gasteiger partial charge in [0.05, 0.1) is 38.9 Å². The maximum absolute atomic E-state index is 2.47. The normalized spacial score (nSPS) is 12.5. The van der Waals surface area contributed by atoms with Crippen molar-refractivity contribution in [3.05, 3.63) is 338 Å². The molecule has 2 nitrogen and oxygen atoms in total. The van der Waals surface area contributed by atoms with Crippen LogP contribution in [0.15, 0.2) is 315 Å². The molecule has 2 heteroatoms. The summed E-state index contributed by atoms with van der Waals surface area (Å²) in [5.74, 6) is 0. The summed E-state index contributed by atoms with van der Waals surface area (Å²) in [6.45, 7) is 0. The van der Waals surface area contributed by atoms with Crippen LogP contribution in [0.4, 0.5) is 0 Å². The van der Waals surface area contributed by atoms with Crippen molar-refractivity contribution >= 4 is 43.6 Å². The van der Waals surface area contributed by atoms with E-state index >= 15 is 0 Å². The Labute approximate surface area is 471 Å². The second-order valence-electron chi connectivity index (χ2n) is 21.5. The molecule has 0 radical (unpaired) electrons. The topological polar surface area (TPSA) is 9.86 Å². The van der Waals surface area contributed by atoms with Gasteiger partial charge in [0.25, 0.3) is 0 Å². The van der Waals surface area contributed by atoms with Crippen LogP contribution in [0.3, 0.4) is 0 Å². The van der Waals surface area contributed by atoms with E-state index in [1.807, 2.05) is 0 Å². The largest absolute Gasteiger partial charge is 0.309 e. The summed E-state index contributed by atoms with van der Waals surface area (Å²) in [6.07, 6.45) is 0. The lowest BCUT2D eigenvalue weighted by atomic mass is 9.67. The molecule has 2 aromatic heterocycles. The molecule has 81 heavy (non-hydrogen) atoms. The molecule has 16 rings (SSSR count). The van der Waals surface area contributed by atoms with Crippen molar-refractivity contribution in [1.82, 2.24) is 9.13 Å². The average Bonchev–Trinajstić information content (AvgIpc) is 3.41. The molecule has 0 spiro atoms. The fraction of sp³-hybridized carbons (Fsp3) is 0.0127. The minimum absolute atomic E-state index is 0.453. The van der Waals surface area contributed by atoms with Gasteiger partial charge < -0.3 is 9.13 Å². The van der Waals surface area contributed by atoms with E-state index in [0.717, 1.165) is 5.69 Å².